The van der Waals surface area contributed by atoms with Gasteiger partial charge in [0.1, 0.15) is 5.82 Å². The van der Waals surface area contributed by atoms with Crippen LogP contribution in [0.1, 0.15) is 5.56 Å². The van der Waals surface area contributed by atoms with Gasteiger partial charge in [-0.25, -0.2) is 4.39 Å². The minimum atomic E-state index is -0.425. The van der Waals surface area contributed by atoms with Crippen LogP contribution in [0.4, 0.5) is 10.1 Å². The van der Waals surface area contributed by atoms with Crippen LogP contribution in [0.25, 0.3) is 0 Å². The number of nitrogen functional groups attached to an aromatic ring is 1. The molecule has 5 heteroatoms. The molecule has 0 saturated heterocycles. The van der Waals surface area contributed by atoms with Crippen LogP contribution in [0.5, 0.6) is 0 Å². The van der Waals surface area contributed by atoms with Crippen LogP contribution in [0.15, 0.2) is 18.2 Å². The Hall–Kier alpha value is -0.840. The number of hydrogen-bond acceptors (Lipinski definition) is 3. The van der Waals surface area contributed by atoms with Crippen molar-refractivity contribution < 1.29 is 9.50 Å². The standard InChI is InChI=1S/C7H9FN2O.ClH/c8-7-2-1-6(10-9)3-5(7)4-11;/h1-3,10-11H,4,9H2;1H. The normalized spacial score (nSPS) is 8.92. The first-order valence-corrected chi connectivity index (χ1v) is 3.14. The minimum absolute atomic E-state index is 0. The van der Waals surface area contributed by atoms with Crippen LogP contribution >= 0.6 is 12.4 Å². The lowest BCUT2D eigenvalue weighted by molar-refractivity contribution is 0.276. The van der Waals surface area contributed by atoms with Gasteiger partial charge in [-0.1, -0.05) is 0 Å². The number of nitrogens with two attached hydrogens (primary N) is 1. The lowest BCUT2D eigenvalue weighted by atomic mass is 10.2. The zero-order valence-electron chi connectivity index (χ0n) is 6.25. The van der Waals surface area contributed by atoms with Gasteiger partial charge >= 0.3 is 0 Å². The molecule has 0 atom stereocenters. The zero-order valence-corrected chi connectivity index (χ0v) is 7.07. The van der Waals surface area contributed by atoms with E-state index in [1.165, 1.54) is 18.2 Å². The third-order valence-electron chi connectivity index (χ3n) is 1.38. The summed E-state index contributed by atoms with van der Waals surface area (Å²) >= 11 is 0. The maximum atomic E-state index is 12.7. The molecule has 0 spiro atoms. The van der Waals surface area contributed by atoms with Gasteiger partial charge in [-0.15, -0.1) is 12.4 Å². The van der Waals surface area contributed by atoms with Crippen LogP contribution in [0, 0.1) is 5.82 Å². The van der Waals surface area contributed by atoms with Crippen LogP contribution in [0.3, 0.4) is 0 Å². The third-order valence-corrected chi connectivity index (χ3v) is 1.38. The van der Waals surface area contributed by atoms with Gasteiger partial charge in [-0.05, 0) is 18.2 Å². The van der Waals surface area contributed by atoms with Gasteiger partial charge in [0.25, 0.3) is 0 Å². The fourth-order valence-corrected chi connectivity index (χ4v) is 0.786. The van der Waals surface area contributed by atoms with Crippen molar-refractivity contribution in [3.63, 3.8) is 0 Å². The molecule has 0 aromatic heterocycles. The number of benzene rings is 1. The Bertz CT molecular complexity index is 257. The summed E-state index contributed by atoms with van der Waals surface area (Å²) in [7, 11) is 0. The molecule has 0 aliphatic heterocycles. The maximum Gasteiger partial charge on any atom is 0.128 e. The molecule has 0 fully saturated rings. The van der Waals surface area contributed by atoms with Crippen LogP contribution in [0.2, 0.25) is 0 Å². The lowest BCUT2D eigenvalue weighted by Crippen LogP contribution is -2.07. The van der Waals surface area contributed by atoms with Gasteiger partial charge in [0.15, 0.2) is 0 Å². The van der Waals surface area contributed by atoms with Gasteiger partial charge in [-0.2, -0.15) is 0 Å². The second-order valence-electron chi connectivity index (χ2n) is 2.11. The summed E-state index contributed by atoms with van der Waals surface area (Å²) in [4.78, 5) is 0. The number of rotatable bonds is 2. The first kappa shape index (κ1) is 11.2. The summed E-state index contributed by atoms with van der Waals surface area (Å²) in [6.45, 7) is -0.318. The fraction of sp³-hybridized carbons (Fsp3) is 0.143. The molecule has 0 heterocycles. The molecule has 12 heavy (non-hydrogen) atoms. The fourth-order valence-electron chi connectivity index (χ4n) is 0.786. The molecule has 1 aromatic carbocycles. The van der Waals surface area contributed by atoms with Crippen molar-refractivity contribution in [3.8, 4) is 0 Å². The highest BCUT2D eigenvalue weighted by Crippen LogP contribution is 2.13. The van der Waals surface area contributed by atoms with Crippen molar-refractivity contribution in [1.82, 2.24) is 0 Å². The Morgan fingerprint density at radius 2 is 2.17 bits per heavy atom. The molecule has 1 aromatic rings. The SMILES string of the molecule is Cl.NNc1ccc(F)c(CO)c1. The molecule has 0 aliphatic carbocycles. The lowest BCUT2D eigenvalue weighted by Gasteiger charge is -2.02. The first-order chi connectivity index (χ1) is 5.27. The van der Waals surface area contributed by atoms with Crippen molar-refractivity contribution >= 4 is 18.1 Å². The molecule has 0 unspecified atom stereocenters. The summed E-state index contributed by atoms with van der Waals surface area (Å²) in [6.07, 6.45) is 0. The molecular formula is C7H10ClFN2O. The average molecular weight is 193 g/mol. The smallest absolute Gasteiger partial charge is 0.128 e. The van der Waals surface area contributed by atoms with E-state index in [-0.39, 0.29) is 24.6 Å². The Balaban J connectivity index is 0.00000121. The van der Waals surface area contributed by atoms with Crippen molar-refractivity contribution in [2.24, 2.45) is 5.84 Å². The molecule has 0 amide bonds. The second kappa shape index (κ2) is 4.92. The first-order valence-electron chi connectivity index (χ1n) is 3.14. The molecule has 3 nitrogen and oxygen atoms in total. The highest BCUT2D eigenvalue weighted by atomic mass is 35.5. The van der Waals surface area contributed by atoms with E-state index in [0.29, 0.717) is 5.69 Å². The minimum Gasteiger partial charge on any atom is -0.392 e. The monoisotopic (exact) mass is 192 g/mol. The average Bonchev–Trinajstić information content (AvgIpc) is 2.05. The van der Waals surface area contributed by atoms with Crippen LogP contribution in [-0.2, 0) is 6.61 Å². The van der Waals surface area contributed by atoms with Crippen molar-refractivity contribution in [2.75, 3.05) is 5.43 Å². The van der Waals surface area contributed by atoms with Gasteiger partial charge in [-0.3, -0.25) is 5.84 Å². The highest BCUT2D eigenvalue weighted by Gasteiger charge is 2.00. The summed E-state index contributed by atoms with van der Waals surface area (Å²) in [5, 5.41) is 8.63. The maximum absolute atomic E-state index is 12.7. The van der Waals surface area contributed by atoms with Gasteiger partial charge in [0.2, 0.25) is 0 Å². The molecular weight excluding hydrogens is 183 g/mol. The summed E-state index contributed by atoms with van der Waals surface area (Å²) in [5.74, 6) is 4.64. The Labute approximate surface area is 75.8 Å². The number of aliphatic hydroxyl groups excluding tert-OH is 1. The number of nitrogens with one attached hydrogen (secondary N) is 1. The predicted octanol–water partition coefficient (Wildman–Crippen LogP) is 1.03. The molecule has 0 aliphatic rings. The number of anilines is 1. The van der Waals surface area contributed by atoms with Gasteiger partial charge in [0, 0.05) is 11.3 Å². The number of hydrogen-bond donors (Lipinski definition) is 3. The molecule has 4 N–H and O–H groups in total. The molecule has 0 saturated carbocycles. The quantitative estimate of drug-likeness (QED) is 0.485. The molecule has 1 rings (SSSR count). The van der Waals surface area contributed by atoms with Crippen LogP contribution in [-0.4, -0.2) is 5.11 Å². The summed E-state index contributed by atoms with van der Waals surface area (Å²) < 4.78 is 12.7. The topological polar surface area (TPSA) is 58.3 Å². The zero-order chi connectivity index (χ0) is 8.27. The largest absolute Gasteiger partial charge is 0.392 e. The van der Waals surface area contributed by atoms with E-state index in [2.05, 4.69) is 5.43 Å². The number of halogens is 2. The van der Waals surface area contributed by atoms with Crippen molar-refractivity contribution in [1.29, 1.82) is 0 Å². The van der Waals surface area contributed by atoms with Crippen LogP contribution < -0.4 is 11.3 Å². The van der Waals surface area contributed by atoms with Crippen molar-refractivity contribution in [2.45, 2.75) is 6.61 Å². The number of aliphatic hydroxyl groups is 1. The van der Waals surface area contributed by atoms with E-state index in [0.717, 1.165) is 0 Å². The Morgan fingerprint density at radius 3 is 2.67 bits per heavy atom. The molecule has 0 bridgehead atoms. The van der Waals surface area contributed by atoms with E-state index < -0.39 is 5.82 Å². The Kier molecular flexibility index (Phi) is 4.58. The second-order valence-corrected chi connectivity index (χ2v) is 2.11. The van der Waals surface area contributed by atoms with Gasteiger partial charge in [0.05, 0.1) is 6.61 Å². The van der Waals surface area contributed by atoms with E-state index >= 15 is 0 Å². The van der Waals surface area contributed by atoms with E-state index in [1.54, 1.807) is 0 Å². The van der Waals surface area contributed by atoms with E-state index in [4.69, 9.17) is 10.9 Å². The number of hydrazine groups is 1. The predicted molar refractivity (Wildman–Crippen MR) is 47.4 cm³/mol. The summed E-state index contributed by atoms with van der Waals surface area (Å²) in [6, 6.07) is 4.20. The van der Waals surface area contributed by atoms with E-state index in [1.807, 2.05) is 0 Å². The van der Waals surface area contributed by atoms with Gasteiger partial charge < -0.3 is 10.5 Å². The highest BCUT2D eigenvalue weighted by molar-refractivity contribution is 5.85. The van der Waals surface area contributed by atoms with Crippen molar-refractivity contribution in [3.05, 3.63) is 29.6 Å². The molecule has 0 radical (unpaired) electrons. The van der Waals surface area contributed by atoms with E-state index in [9.17, 15) is 4.39 Å². The third kappa shape index (κ3) is 2.34. The Morgan fingerprint density at radius 1 is 1.50 bits per heavy atom. The summed E-state index contributed by atoms with van der Waals surface area (Å²) in [5.41, 5.74) is 3.17. The molecule has 68 valence electrons.